The van der Waals surface area contributed by atoms with E-state index in [1.807, 2.05) is 14.1 Å². The van der Waals surface area contributed by atoms with Crippen LogP contribution in [0.4, 0.5) is 11.4 Å². The summed E-state index contributed by atoms with van der Waals surface area (Å²) in [6.07, 6.45) is 1.39. The third kappa shape index (κ3) is 3.06. The lowest BCUT2D eigenvalue weighted by molar-refractivity contribution is -0.393. The lowest BCUT2D eigenvalue weighted by atomic mass is 10.2. The van der Waals surface area contributed by atoms with Crippen LogP contribution in [-0.4, -0.2) is 33.7 Å². The number of nitrogens with one attached hydrogen (secondary N) is 1. The minimum Gasteiger partial charge on any atom is -0.323 e. The van der Waals surface area contributed by atoms with Gasteiger partial charge in [0, 0.05) is 18.0 Å². The molecule has 2 rings (SSSR count). The van der Waals surface area contributed by atoms with Crippen molar-refractivity contribution in [2.45, 2.75) is 13.5 Å². The minimum atomic E-state index is -0.657. The Morgan fingerprint density at radius 3 is 2.30 bits per heavy atom. The van der Waals surface area contributed by atoms with Gasteiger partial charge in [0.2, 0.25) is 0 Å². The van der Waals surface area contributed by atoms with E-state index in [0.29, 0.717) is 17.4 Å². The highest BCUT2D eigenvalue weighted by atomic mass is 16.6. The number of hydrogen-bond acceptors (Lipinski definition) is 6. The van der Waals surface area contributed by atoms with Gasteiger partial charge >= 0.3 is 5.69 Å². The highest BCUT2D eigenvalue weighted by Crippen LogP contribution is 2.30. The van der Waals surface area contributed by atoms with Gasteiger partial charge in [0.15, 0.2) is 0 Å². The quantitative estimate of drug-likeness (QED) is 0.676. The highest BCUT2D eigenvalue weighted by molar-refractivity contribution is 5.89. The summed E-state index contributed by atoms with van der Waals surface area (Å²) in [7, 11) is 3.75. The predicted octanol–water partition coefficient (Wildman–Crippen LogP) is 1.71. The van der Waals surface area contributed by atoms with Gasteiger partial charge in [0.05, 0.1) is 22.1 Å². The summed E-state index contributed by atoms with van der Waals surface area (Å²) in [5.41, 5.74) is -0.295. The Labute approximate surface area is 114 Å². The number of benzene rings is 1. The summed E-state index contributed by atoms with van der Waals surface area (Å²) in [5, 5.41) is 28.6. The molecule has 0 unspecified atom stereocenters. The Hall–Kier alpha value is -2.55. The largest absolute Gasteiger partial charge is 0.323 e. The second kappa shape index (κ2) is 6.57. The van der Waals surface area contributed by atoms with Gasteiger partial charge in [-0.25, -0.2) is 0 Å². The molecule has 9 nitrogen and oxygen atoms in total. The van der Waals surface area contributed by atoms with Gasteiger partial charge in [-0.2, -0.15) is 5.10 Å². The molecule has 2 aromatic rings. The Morgan fingerprint density at radius 2 is 1.85 bits per heavy atom. The van der Waals surface area contributed by atoms with Crippen molar-refractivity contribution in [3.05, 3.63) is 38.6 Å². The summed E-state index contributed by atoms with van der Waals surface area (Å²) in [6, 6.07) is 2.23. The second-order valence-corrected chi connectivity index (χ2v) is 3.88. The number of rotatable bonds is 3. The van der Waals surface area contributed by atoms with E-state index in [0.717, 1.165) is 6.07 Å². The molecule has 20 heavy (non-hydrogen) atoms. The number of nitrogens with zero attached hydrogens (tertiary/aromatic N) is 4. The SMILES string of the molecule is CCn1ncc2cc([N+](=O)[O-])cc([N+](=O)[O-])c21.CNC. The van der Waals surface area contributed by atoms with E-state index in [9.17, 15) is 20.2 Å². The maximum absolute atomic E-state index is 10.9. The molecular weight excluding hydrogens is 266 g/mol. The predicted molar refractivity (Wildman–Crippen MR) is 73.7 cm³/mol. The normalized spacial score (nSPS) is 9.95. The lowest BCUT2D eigenvalue weighted by Crippen LogP contribution is -2.00. The molecule has 0 atom stereocenters. The van der Waals surface area contributed by atoms with Crippen molar-refractivity contribution in [1.29, 1.82) is 0 Å². The molecule has 1 N–H and O–H groups in total. The summed E-state index contributed by atoms with van der Waals surface area (Å²) >= 11 is 0. The van der Waals surface area contributed by atoms with E-state index in [1.54, 1.807) is 6.92 Å². The van der Waals surface area contributed by atoms with Crippen molar-refractivity contribution in [2.24, 2.45) is 0 Å². The zero-order chi connectivity index (χ0) is 15.3. The van der Waals surface area contributed by atoms with Crippen molar-refractivity contribution in [3.63, 3.8) is 0 Å². The van der Waals surface area contributed by atoms with Crippen molar-refractivity contribution >= 4 is 22.3 Å². The molecule has 0 saturated heterocycles. The zero-order valence-corrected chi connectivity index (χ0v) is 11.4. The highest BCUT2D eigenvalue weighted by Gasteiger charge is 2.22. The Balaban J connectivity index is 0.000000612. The molecule has 0 aliphatic heterocycles. The van der Waals surface area contributed by atoms with Gasteiger partial charge in [0.1, 0.15) is 5.52 Å². The van der Waals surface area contributed by atoms with Crippen LogP contribution in [0.25, 0.3) is 10.9 Å². The first kappa shape index (κ1) is 15.5. The molecule has 0 saturated carbocycles. The van der Waals surface area contributed by atoms with Gasteiger partial charge in [-0.3, -0.25) is 24.9 Å². The summed E-state index contributed by atoms with van der Waals surface area (Å²) < 4.78 is 1.44. The summed E-state index contributed by atoms with van der Waals surface area (Å²) in [5.74, 6) is 0. The van der Waals surface area contributed by atoms with Crippen molar-refractivity contribution < 1.29 is 9.85 Å². The Bertz CT molecular complexity index is 637. The molecule has 9 heteroatoms. The molecule has 1 aromatic carbocycles. The first-order valence-electron chi connectivity index (χ1n) is 5.83. The van der Waals surface area contributed by atoms with Crippen LogP contribution >= 0.6 is 0 Å². The van der Waals surface area contributed by atoms with E-state index in [4.69, 9.17) is 0 Å². The average Bonchev–Trinajstić information content (AvgIpc) is 2.81. The Morgan fingerprint density at radius 1 is 1.25 bits per heavy atom. The molecule has 0 amide bonds. The number of nitro groups is 2. The standard InChI is InChI=1S/C9H8N4O4.C2H7N/c1-2-11-9-6(5-10-11)3-7(12(14)15)4-8(9)13(16)17;1-3-2/h3-5H,2H2,1H3;3H,1-2H3. The summed E-state index contributed by atoms with van der Waals surface area (Å²) in [4.78, 5) is 20.3. The fourth-order valence-corrected chi connectivity index (χ4v) is 1.68. The minimum absolute atomic E-state index is 0.298. The zero-order valence-electron chi connectivity index (χ0n) is 11.4. The van der Waals surface area contributed by atoms with Gasteiger partial charge in [0.25, 0.3) is 5.69 Å². The van der Waals surface area contributed by atoms with E-state index in [2.05, 4.69) is 10.4 Å². The first-order valence-corrected chi connectivity index (χ1v) is 5.83. The molecule has 108 valence electrons. The molecule has 0 radical (unpaired) electrons. The van der Waals surface area contributed by atoms with Crippen LogP contribution in [0, 0.1) is 20.2 Å². The number of fused-ring (bicyclic) bond motifs is 1. The molecule has 0 aliphatic carbocycles. The first-order chi connectivity index (χ1) is 9.46. The maximum Gasteiger partial charge on any atom is 0.301 e. The van der Waals surface area contributed by atoms with Crippen LogP contribution in [0.2, 0.25) is 0 Å². The number of aromatic nitrogens is 2. The Kier molecular flexibility index (Phi) is 5.09. The van der Waals surface area contributed by atoms with Crippen LogP contribution in [0.1, 0.15) is 6.92 Å². The van der Waals surface area contributed by atoms with Gasteiger partial charge in [-0.05, 0) is 21.0 Å². The molecule has 0 fully saturated rings. The van der Waals surface area contributed by atoms with Crippen LogP contribution < -0.4 is 5.32 Å². The van der Waals surface area contributed by atoms with Crippen LogP contribution in [0.3, 0.4) is 0 Å². The number of nitro benzene ring substituents is 2. The number of hydrogen-bond donors (Lipinski definition) is 1. The third-order valence-corrected chi connectivity index (χ3v) is 2.41. The topological polar surface area (TPSA) is 116 Å². The van der Waals surface area contributed by atoms with E-state index < -0.39 is 9.85 Å². The van der Waals surface area contributed by atoms with Crippen LogP contribution in [0.15, 0.2) is 18.3 Å². The van der Waals surface area contributed by atoms with Gasteiger partial charge in [-0.15, -0.1) is 0 Å². The monoisotopic (exact) mass is 281 g/mol. The molecular formula is C11H15N5O4. The van der Waals surface area contributed by atoms with Crippen molar-refractivity contribution in [3.8, 4) is 0 Å². The molecule has 0 bridgehead atoms. The molecule has 1 aromatic heterocycles. The van der Waals surface area contributed by atoms with E-state index in [-0.39, 0.29) is 11.4 Å². The smallest absolute Gasteiger partial charge is 0.301 e. The number of aryl methyl sites for hydroxylation is 1. The van der Waals surface area contributed by atoms with Crippen molar-refractivity contribution in [1.82, 2.24) is 15.1 Å². The fourth-order valence-electron chi connectivity index (χ4n) is 1.68. The van der Waals surface area contributed by atoms with Gasteiger partial charge in [-0.1, -0.05) is 0 Å². The lowest BCUT2D eigenvalue weighted by Gasteiger charge is -2.00. The van der Waals surface area contributed by atoms with Crippen LogP contribution in [-0.2, 0) is 6.54 Å². The van der Waals surface area contributed by atoms with Crippen molar-refractivity contribution in [2.75, 3.05) is 14.1 Å². The van der Waals surface area contributed by atoms with Crippen LogP contribution in [0.5, 0.6) is 0 Å². The summed E-state index contributed by atoms with van der Waals surface area (Å²) in [6.45, 7) is 2.25. The fraction of sp³-hybridized carbons (Fsp3) is 0.364. The second-order valence-electron chi connectivity index (χ2n) is 3.88. The molecule has 0 aliphatic rings. The van der Waals surface area contributed by atoms with E-state index in [1.165, 1.54) is 16.9 Å². The average molecular weight is 281 g/mol. The third-order valence-electron chi connectivity index (χ3n) is 2.41. The van der Waals surface area contributed by atoms with Gasteiger partial charge < -0.3 is 5.32 Å². The molecule has 0 spiro atoms. The maximum atomic E-state index is 10.9. The number of non-ortho nitro benzene ring substituents is 2. The molecule has 1 heterocycles. The van der Waals surface area contributed by atoms with E-state index >= 15 is 0 Å².